The zero-order valence-corrected chi connectivity index (χ0v) is 20.4. The van der Waals surface area contributed by atoms with Crippen LogP contribution < -0.4 is 10.6 Å². The number of alkyl carbamates (subject to hydrolysis) is 1. The molecule has 0 fully saturated rings. The van der Waals surface area contributed by atoms with E-state index < -0.39 is 12.1 Å². The quantitative estimate of drug-likeness (QED) is 0.407. The molecule has 0 spiro atoms. The molecule has 1 unspecified atom stereocenters. The van der Waals surface area contributed by atoms with Gasteiger partial charge < -0.3 is 15.4 Å². The van der Waals surface area contributed by atoms with Crippen molar-refractivity contribution in [3.8, 4) is 11.1 Å². The number of hydrogen-bond acceptors (Lipinski definition) is 4. The molecular formula is C29H32N2O4. The highest BCUT2D eigenvalue weighted by Gasteiger charge is 2.21. The Hall–Kier alpha value is -3.93. The maximum Gasteiger partial charge on any atom is 0.407 e. The van der Waals surface area contributed by atoms with Crippen molar-refractivity contribution in [3.63, 3.8) is 0 Å². The molecule has 0 aromatic heterocycles. The molecule has 0 aliphatic heterocycles. The van der Waals surface area contributed by atoms with Crippen LogP contribution in [0.15, 0.2) is 78.9 Å². The first-order valence-electron chi connectivity index (χ1n) is 11.8. The summed E-state index contributed by atoms with van der Waals surface area (Å²) in [6, 6.07) is 23.8. The van der Waals surface area contributed by atoms with E-state index in [1.807, 2.05) is 80.6 Å². The molecule has 182 valence electrons. The summed E-state index contributed by atoms with van der Waals surface area (Å²) in [4.78, 5) is 37.5. The molecule has 3 aromatic rings. The summed E-state index contributed by atoms with van der Waals surface area (Å²) < 4.78 is 5.31. The molecule has 0 radical (unpaired) electrons. The van der Waals surface area contributed by atoms with Crippen LogP contribution in [-0.2, 0) is 22.7 Å². The third-order valence-electron chi connectivity index (χ3n) is 5.62. The van der Waals surface area contributed by atoms with Gasteiger partial charge in [0.2, 0.25) is 0 Å². The van der Waals surface area contributed by atoms with E-state index in [4.69, 9.17) is 4.74 Å². The molecule has 0 aliphatic carbocycles. The van der Waals surface area contributed by atoms with Gasteiger partial charge in [-0.15, -0.1) is 0 Å². The number of ketones is 1. The Morgan fingerprint density at radius 3 is 2.14 bits per heavy atom. The number of carbonyl (C=O) groups excluding carboxylic acids is 3. The first-order chi connectivity index (χ1) is 16.8. The van der Waals surface area contributed by atoms with Gasteiger partial charge in [-0.1, -0.05) is 86.6 Å². The second-order valence-electron chi connectivity index (χ2n) is 8.88. The Morgan fingerprint density at radius 1 is 0.829 bits per heavy atom. The van der Waals surface area contributed by atoms with E-state index in [9.17, 15) is 14.4 Å². The first kappa shape index (κ1) is 25.7. The minimum Gasteiger partial charge on any atom is -0.445 e. The summed E-state index contributed by atoms with van der Waals surface area (Å²) in [5.74, 6) is -0.0949. The lowest BCUT2D eigenvalue weighted by Crippen LogP contribution is -2.40. The zero-order chi connectivity index (χ0) is 25.2. The standard InChI is InChI=1S/C29H32N2O4/c1-20(2)17-27(21(3)32)31-28(33)26-16-10-9-15-25(26)24-14-8-7-13-23(24)18-30-29(34)35-19-22-11-5-4-6-12-22/h4-16,20,27H,17-19H2,1-3H3,(H,30,34)(H,31,33). The number of hydrogen-bond donors (Lipinski definition) is 2. The number of benzene rings is 3. The summed E-state index contributed by atoms with van der Waals surface area (Å²) in [7, 11) is 0. The second-order valence-corrected chi connectivity index (χ2v) is 8.88. The second kappa shape index (κ2) is 12.5. The van der Waals surface area contributed by atoms with Crippen molar-refractivity contribution < 1.29 is 19.1 Å². The predicted octanol–water partition coefficient (Wildman–Crippen LogP) is 5.51. The van der Waals surface area contributed by atoms with Crippen LogP contribution >= 0.6 is 0 Å². The third kappa shape index (κ3) is 7.54. The van der Waals surface area contributed by atoms with Crippen molar-refractivity contribution in [2.45, 2.75) is 46.4 Å². The molecule has 6 heteroatoms. The van der Waals surface area contributed by atoms with Crippen molar-refractivity contribution in [2.75, 3.05) is 0 Å². The summed E-state index contributed by atoms with van der Waals surface area (Å²) in [5, 5.41) is 5.69. The molecule has 0 saturated heterocycles. The molecule has 3 rings (SSSR count). The highest BCUT2D eigenvalue weighted by Crippen LogP contribution is 2.27. The molecule has 0 bridgehead atoms. The van der Waals surface area contributed by atoms with Crippen LogP contribution in [0.25, 0.3) is 11.1 Å². The van der Waals surface area contributed by atoms with Gasteiger partial charge in [-0.2, -0.15) is 0 Å². The lowest BCUT2D eigenvalue weighted by atomic mass is 9.94. The van der Waals surface area contributed by atoms with E-state index in [1.54, 1.807) is 12.1 Å². The van der Waals surface area contributed by atoms with Crippen molar-refractivity contribution in [1.82, 2.24) is 10.6 Å². The van der Waals surface area contributed by atoms with Gasteiger partial charge in [0, 0.05) is 12.1 Å². The molecule has 2 amide bonds. The van der Waals surface area contributed by atoms with Crippen LogP contribution in [0.4, 0.5) is 4.79 Å². The van der Waals surface area contributed by atoms with E-state index in [0.29, 0.717) is 12.0 Å². The van der Waals surface area contributed by atoms with Crippen LogP contribution in [0, 0.1) is 5.92 Å². The fraction of sp³-hybridized carbons (Fsp3) is 0.276. The summed E-state index contributed by atoms with van der Waals surface area (Å²) in [6.07, 6.45) is 0.0575. The van der Waals surface area contributed by atoms with Crippen molar-refractivity contribution in [3.05, 3.63) is 95.6 Å². The van der Waals surface area contributed by atoms with Crippen LogP contribution in [0.2, 0.25) is 0 Å². The van der Waals surface area contributed by atoms with Crippen molar-refractivity contribution >= 4 is 17.8 Å². The van der Waals surface area contributed by atoms with Crippen LogP contribution in [0.5, 0.6) is 0 Å². The Labute approximate surface area is 206 Å². The van der Waals surface area contributed by atoms with E-state index >= 15 is 0 Å². The minimum atomic E-state index is -0.535. The summed E-state index contributed by atoms with van der Waals surface area (Å²) in [6.45, 7) is 5.96. The van der Waals surface area contributed by atoms with Gasteiger partial charge >= 0.3 is 6.09 Å². The fourth-order valence-corrected chi connectivity index (χ4v) is 3.83. The number of amides is 2. The Morgan fingerprint density at radius 2 is 1.46 bits per heavy atom. The van der Waals surface area contributed by atoms with Crippen LogP contribution in [-0.4, -0.2) is 23.8 Å². The molecule has 6 nitrogen and oxygen atoms in total. The van der Waals surface area contributed by atoms with Gasteiger partial charge in [0.25, 0.3) is 5.91 Å². The monoisotopic (exact) mass is 472 g/mol. The van der Waals surface area contributed by atoms with Gasteiger partial charge in [-0.25, -0.2) is 4.79 Å². The molecular weight excluding hydrogens is 440 g/mol. The zero-order valence-electron chi connectivity index (χ0n) is 20.4. The molecule has 3 aromatic carbocycles. The van der Waals surface area contributed by atoms with E-state index in [0.717, 1.165) is 22.3 Å². The highest BCUT2D eigenvalue weighted by atomic mass is 16.5. The summed E-state index contributed by atoms with van der Waals surface area (Å²) in [5.41, 5.74) is 3.78. The van der Waals surface area contributed by atoms with Gasteiger partial charge in [0.1, 0.15) is 6.61 Å². The normalized spacial score (nSPS) is 11.5. The van der Waals surface area contributed by atoms with Gasteiger partial charge in [-0.3, -0.25) is 9.59 Å². The molecule has 0 heterocycles. The number of Topliss-reactive ketones (excluding diaryl/α,β-unsaturated/α-hetero) is 1. The molecule has 0 aliphatic rings. The lowest BCUT2D eigenvalue weighted by Gasteiger charge is -2.20. The smallest absolute Gasteiger partial charge is 0.407 e. The maximum absolute atomic E-state index is 13.2. The van der Waals surface area contributed by atoms with Gasteiger partial charge in [0.15, 0.2) is 5.78 Å². The van der Waals surface area contributed by atoms with E-state index in [2.05, 4.69) is 10.6 Å². The topological polar surface area (TPSA) is 84.5 Å². The predicted molar refractivity (Wildman–Crippen MR) is 137 cm³/mol. The largest absolute Gasteiger partial charge is 0.445 e. The number of ether oxygens (including phenoxy) is 1. The average molecular weight is 473 g/mol. The van der Waals surface area contributed by atoms with Crippen molar-refractivity contribution in [1.29, 1.82) is 0 Å². The SMILES string of the molecule is CC(=O)C(CC(C)C)NC(=O)c1ccccc1-c1ccccc1CNC(=O)OCc1ccccc1. The Kier molecular flexibility index (Phi) is 9.18. The van der Waals surface area contributed by atoms with Crippen LogP contribution in [0.1, 0.15) is 48.7 Å². The maximum atomic E-state index is 13.2. The van der Waals surface area contributed by atoms with E-state index in [1.165, 1.54) is 6.92 Å². The van der Waals surface area contributed by atoms with Crippen molar-refractivity contribution in [2.24, 2.45) is 5.92 Å². The lowest BCUT2D eigenvalue weighted by molar-refractivity contribution is -0.119. The number of carbonyl (C=O) groups is 3. The number of nitrogens with one attached hydrogen (secondary N) is 2. The molecule has 35 heavy (non-hydrogen) atoms. The Bertz CT molecular complexity index is 1160. The first-order valence-corrected chi connectivity index (χ1v) is 11.8. The molecule has 0 saturated carbocycles. The minimum absolute atomic E-state index is 0.0665. The fourth-order valence-electron chi connectivity index (χ4n) is 3.83. The van der Waals surface area contributed by atoms with Crippen LogP contribution in [0.3, 0.4) is 0 Å². The summed E-state index contributed by atoms with van der Waals surface area (Å²) >= 11 is 0. The van der Waals surface area contributed by atoms with Gasteiger partial charge in [-0.05, 0) is 47.6 Å². The molecule has 1 atom stereocenters. The van der Waals surface area contributed by atoms with Gasteiger partial charge in [0.05, 0.1) is 6.04 Å². The Balaban J connectivity index is 1.75. The molecule has 2 N–H and O–H groups in total. The average Bonchev–Trinajstić information content (AvgIpc) is 2.86. The third-order valence-corrected chi connectivity index (χ3v) is 5.62. The number of rotatable bonds is 10. The van der Waals surface area contributed by atoms with E-state index in [-0.39, 0.29) is 30.8 Å². The highest BCUT2D eigenvalue weighted by molar-refractivity contribution is 6.03.